The number of halogens is 1. The number of amides is 1. The smallest absolute Gasteiger partial charge is 0.253 e. The lowest BCUT2D eigenvalue weighted by Gasteiger charge is -2.37. The first-order valence-corrected chi connectivity index (χ1v) is 6.90. The van der Waals surface area contributed by atoms with Gasteiger partial charge in [-0.2, -0.15) is 0 Å². The molecule has 0 spiro atoms. The minimum absolute atomic E-state index is 0.0682. The molecule has 1 aromatic rings. The van der Waals surface area contributed by atoms with Crippen molar-refractivity contribution in [3.63, 3.8) is 0 Å². The molecule has 2 atom stereocenters. The van der Waals surface area contributed by atoms with Crippen LogP contribution in [0.25, 0.3) is 0 Å². The van der Waals surface area contributed by atoms with Crippen LogP contribution in [-0.2, 0) is 0 Å². The topological polar surface area (TPSA) is 32.3 Å². The minimum atomic E-state index is -0.360. The number of likely N-dealkylation sites (tertiary alicyclic amines) is 1. The second kappa shape index (κ2) is 6.15. The lowest BCUT2D eigenvalue weighted by atomic mass is 9.93. The summed E-state index contributed by atoms with van der Waals surface area (Å²) >= 11 is 0. The van der Waals surface area contributed by atoms with Crippen LogP contribution in [0.4, 0.5) is 4.39 Å². The number of benzene rings is 1. The first kappa shape index (κ1) is 14.0. The van der Waals surface area contributed by atoms with Gasteiger partial charge >= 0.3 is 0 Å². The maximum absolute atomic E-state index is 13.2. The van der Waals surface area contributed by atoms with E-state index < -0.39 is 0 Å². The van der Waals surface area contributed by atoms with Crippen molar-refractivity contribution in [3.8, 4) is 0 Å². The quantitative estimate of drug-likeness (QED) is 0.908. The van der Waals surface area contributed by atoms with Gasteiger partial charge in [-0.25, -0.2) is 4.39 Å². The van der Waals surface area contributed by atoms with Gasteiger partial charge in [0.25, 0.3) is 5.91 Å². The molecule has 1 fully saturated rings. The number of nitrogens with one attached hydrogen (secondary N) is 1. The van der Waals surface area contributed by atoms with Gasteiger partial charge in [0.2, 0.25) is 0 Å². The Morgan fingerprint density at radius 3 is 2.95 bits per heavy atom. The van der Waals surface area contributed by atoms with Gasteiger partial charge in [-0.3, -0.25) is 4.79 Å². The van der Waals surface area contributed by atoms with E-state index in [4.69, 9.17) is 0 Å². The molecule has 2 rings (SSSR count). The Labute approximate surface area is 113 Å². The number of carbonyl (C=O) groups excluding carboxylic acids is 1. The van der Waals surface area contributed by atoms with Crippen LogP contribution in [0.5, 0.6) is 0 Å². The molecule has 0 saturated carbocycles. The van der Waals surface area contributed by atoms with E-state index in [0.717, 1.165) is 26.1 Å². The minimum Gasteiger partial charge on any atom is -0.338 e. The van der Waals surface area contributed by atoms with E-state index >= 15 is 0 Å². The fourth-order valence-corrected chi connectivity index (χ4v) is 2.70. The second-order valence-electron chi connectivity index (χ2n) is 5.19. The van der Waals surface area contributed by atoms with E-state index in [1.54, 1.807) is 12.1 Å². The van der Waals surface area contributed by atoms with Crippen LogP contribution < -0.4 is 5.32 Å². The molecule has 1 saturated heterocycles. The van der Waals surface area contributed by atoms with Crippen molar-refractivity contribution >= 4 is 5.91 Å². The Hall–Kier alpha value is -1.42. The molecular weight excluding hydrogens is 243 g/mol. The molecule has 104 valence electrons. The molecule has 2 unspecified atom stereocenters. The van der Waals surface area contributed by atoms with E-state index in [9.17, 15) is 9.18 Å². The van der Waals surface area contributed by atoms with Crippen molar-refractivity contribution in [3.05, 3.63) is 35.6 Å². The first-order chi connectivity index (χ1) is 9.11. The van der Waals surface area contributed by atoms with Crippen molar-refractivity contribution in [1.82, 2.24) is 10.2 Å². The number of carbonyl (C=O) groups is 1. The van der Waals surface area contributed by atoms with Gasteiger partial charge in [0.15, 0.2) is 0 Å². The monoisotopic (exact) mass is 264 g/mol. The Balaban J connectivity index is 2.02. The van der Waals surface area contributed by atoms with Crippen molar-refractivity contribution < 1.29 is 9.18 Å². The van der Waals surface area contributed by atoms with E-state index in [2.05, 4.69) is 19.2 Å². The Bertz CT molecular complexity index is 450. The van der Waals surface area contributed by atoms with Crippen LogP contribution in [-0.4, -0.2) is 36.5 Å². The highest BCUT2D eigenvalue weighted by atomic mass is 19.1. The predicted molar refractivity (Wildman–Crippen MR) is 73.5 cm³/mol. The molecule has 1 heterocycles. The summed E-state index contributed by atoms with van der Waals surface area (Å²) < 4.78 is 13.2. The second-order valence-corrected chi connectivity index (χ2v) is 5.19. The van der Waals surface area contributed by atoms with Gasteiger partial charge < -0.3 is 10.2 Å². The summed E-state index contributed by atoms with van der Waals surface area (Å²) in [6.07, 6.45) is 0.954. The third-order valence-corrected chi connectivity index (χ3v) is 3.73. The number of rotatable bonds is 3. The van der Waals surface area contributed by atoms with Crippen LogP contribution >= 0.6 is 0 Å². The third-order valence-electron chi connectivity index (χ3n) is 3.73. The summed E-state index contributed by atoms with van der Waals surface area (Å²) in [6, 6.07) is 6.39. The van der Waals surface area contributed by atoms with Gasteiger partial charge in [-0.05, 0) is 37.1 Å². The van der Waals surface area contributed by atoms with Crippen LogP contribution in [0.15, 0.2) is 24.3 Å². The van der Waals surface area contributed by atoms with E-state index in [1.165, 1.54) is 12.1 Å². The first-order valence-electron chi connectivity index (χ1n) is 6.90. The highest BCUT2D eigenvalue weighted by Crippen LogP contribution is 2.19. The Kier molecular flexibility index (Phi) is 4.53. The molecule has 1 N–H and O–H groups in total. The average Bonchev–Trinajstić information content (AvgIpc) is 2.40. The number of hydrogen-bond donors (Lipinski definition) is 1. The van der Waals surface area contributed by atoms with E-state index in [0.29, 0.717) is 17.5 Å². The summed E-state index contributed by atoms with van der Waals surface area (Å²) in [4.78, 5) is 14.1. The summed E-state index contributed by atoms with van der Waals surface area (Å²) in [5.41, 5.74) is 0.439. The van der Waals surface area contributed by atoms with Crippen LogP contribution in [0.2, 0.25) is 0 Å². The summed E-state index contributed by atoms with van der Waals surface area (Å²) in [6.45, 7) is 6.66. The number of nitrogens with zero attached hydrogens (tertiary/aromatic N) is 1. The van der Waals surface area contributed by atoms with Crippen molar-refractivity contribution in [2.24, 2.45) is 5.92 Å². The molecule has 0 bridgehead atoms. The summed E-state index contributed by atoms with van der Waals surface area (Å²) in [5.74, 6) is -0.00561. The van der Waals surface area contributed by atoms with Crippen LogP contribution in [0.1, 0.15) is 30.6 Å². The largest absolute Gasteiger partial charge is 0.338 e. The molecular formula is C15H21FN2O. The standard InChI is InChI=1S/C15H21FN2O/c1-3-17-14-7-8-18(10-11(14)2)15(19)12-5-4-6-13(16)9-12/h4-6,9,11,14,17H,3,7-8,10H2,1-2H3. The predicted octanol–water partition coefficient (Wildman–Crippen LogP) is 2.29. The zero-order valence-electron chi connectivity index (χ0n) is 11.5. The van der Waals surface area contributed by atoms with Gasteiger partial charge in [-0.1, -0.05) is 19.9 Å². The molecule has 3 nitrogen and oxygen atoms in total. The molecule has 4 heteroatoms. The lowest BCUT2D eigenvalue weighted by Crippen LogP contribution is -2.50. The van der Waals surface area contributed by atoms with E-state index in [1.807, 2.05) is 4.90 Å². The van der Waals surface area contributed by atoms with Crippen molar-refractivity contribution in [2.75, 3.05) is 19.6 Å². The van der Waals surface area contributed by atoms with Gasteiger partial charge in [0.05, 0.1) is 0 Å². The van der Waals surface area contributed by atoms with Crippen LogP contribution in [0, 0.1) is 11.7 Å². The SMILES string of the molecule is CCNC1CCN(C(=O)c2cccc(F)c2)CC1C. The van der Waals surface area contributed by atoms with Crippen LogP contribution in [0.3, 0.4) is 0 Å². The van der Waals surface area contributed by atoms with E-state index in [-0.39, 0.29) is 11.7 Å². The molecule has 1 aromatic carbocycles. The fraction of sp³-hybridized carbons (Fsp3) is 0.533. The molecule has 1 aliphatic rings. The van der Waals surface area contributed by atoms with Crippen molar-refractivity contribution in [2.45, 2.75) is 26.3 Å². The average molecular weight is 264 g/mol. The Morgan fingerprint density at radius 1 is 1.53 bits per heavy atom. The fourth-order valence-electron chi connectivity index (χ4n) is 2.70. The number of hydrogen-bond acceptors (Lipinski definition) is 2. The molecule has 1 aliphatic heterocycles. The Morgan fingerprint density at radius 2 is 2.32 bits per heavy atom. The van der Waals surface area contributed by atoms with Gasteiger partial charge in [0.1, 0.15) is 5.82 Å². The summed E-state index contributed by atoms with van der Waals surface area (Å²) in [5, 5.41) is 3.44. The normalized spacial score (nSPS) is 23.4. The molecule has 0 radical (unpaired) electrons. The lowest BCUT2D eigenvalue weighted by molar-refractivity contribution is 0.0645. The summed E-state index contributed by atoms with van der Waals surface area (Å²) in [7, 11) is 0. The maximum atomic E-state index is 13.2. The molecule has 0 aromatic heterocycles. The highest BCUT2D eigenvalue weighted by molar-refractivity contribution is 5.94. The highest BCUT2D eigenvalue weighted by Gasteiger charge is 2.28. The van der Waals surface area contributed by atoms with Gasteiger partial charge in [0, 0.05) is 24.7 Å². The zero-order chi connectivity index (χ0) is 13.8. The number of piperidine rings is 1. The maximum Gasteiger partial charge on any atom is 0.253 e. The third kappa shape index (κ3) is 3.32. The molecule has 1 amide bonds. The molecule has 0 aliphatic carbocycles. The van der Waals surface area contributed by atoms with Crippen molar-refractivity contribution in [1.29, 1.82) is 0 Å². The zero-order valence-corrected chi connectivity index (χ0v) is 11.5. The molecule has 19 heavy (non-hydrogen) atoms. The van der Waals surface area contributed by atoms with Gasteiger partial charge in [-0.15, -0.1) is 0 Å².